The molecule has 0 spiro atoms. The Morgan fingerprint density at radius 1 is 1.16 bits per heavy atom. The molecule has 0 aliphatic heterocycles. The Hall–Kier alpha value is -1.59. The van der Waals surface area contributed by atoms with E-state index in [1.54, 1.807) is 0 Å². The van der Waals surface area contributed by atoms with Crippen LogP contribution in [0.4, 0.5) is 5.69 Å². The highest BCUT2D eigenvalue weighted by Crippen LogP contribution is 2.09. The van der Waals surface area contributed by atoms with Crippen LogP contribution in [0.3, 0.4) is 0 Å². The van der Waals surface area contributed by atoms with Crippen molar-refractivity contribution in [3.63, 3.8) is 0 Å². The van der Waals surface area contributed by atoms with E-state index in [2.05, 4.69) is 9.80 Å². The van der Waals surface area contributed by atoms with E-state index in [1.165, 1.54) is 0 Å². The average Bonchev–Trinajstić information content (AvgIpc) is 2.30. The molecular weight excluding hydrogens is 240 g/mol. The van der Waals surface area contributed by atoms with Crippen LogP contribution in [-0.4, -0.2) is 49.4 Å². The van der Waals surface area contributed by atoms with E-state index in [9.17, 15) is 4.79 Å². The number of anilines is 1. The number of hydrogen-bond donors (Lipinski definition) is 2. The summed E-state index contributed by atoms with van der Waals surface area (Å²) in [5.41, 5.74) is 12.8. The van der Waals surface area contributed by atoms with Gasteiger partial charge < -0.3 is 16.4 Å². The standard InChI is InChI=1S/C14H24N4O/c1-17(2)8-3-9-18(11-14(16)19)10-12-4-6-13(15)7-5-12/h4-7H,3,8-11,15H2,1-2H3,(H2,16,19). The van der Waals surface area contributed by atoms with Gasteiger partial charge in [-0.05, 0) is 44.8 Å². The predicted molar refractivity (Wildman–Crippen MR) is 78.5 cm³/mol. The maximum absolute atomic E-state index is 11.1. The first-order valence-electron chi connectivity index (χ1n) is 6.47. The van der Waals surface area contributed by atoms with Crippen LogP contribution in [0, 0.1) is 0 Å². The molecule has 0 bridgehead atoms. The molecule has 0 aliphatic rings. The van der Waals surface area contributed by atoms with E-state index in [-0.39, 0.29) is 12.5 Å². The molecule has 19 heavy (non-hydrogen) atoms. The fraction of sp³-hybridized carbons (Fsp3) is 0.500. The molecule has 1 aromatic carbocycles. The second-order valence-corrected chi connectivity index (χ2v) is 5.08. The van der Waals surface area contributed by atoms with Crippen molar-refractivity contribution in [3.05, 3.63) is 29.8 Å². The first-order valence-corrected chi connectivity index (χ1v) is 6.47. The molecule has 1 aromatic rings. The Morgan fingerprint density at radius 3 is 2.32 bits per heavy atom. The molecule has 0 unspecified atom stereocenters. The van der Waals surface area contributed by atoms with Crippen molar-refractivity contribution in [1.82, 2.24) is 9.80 Å². The van der Waals surface area contributed by atoms with Crippen LogP contribution in [0.2, 0.25) is 0 Å². The number of hydrogen-bond acceptors (Lipinski definition) is 4. The van der Waals surface area contributed by atoms with Gasteiger partial charge in [-0.15, -0.1) is 0 Å². The predicted octanol–water partition coefficient (Wildman–Crippen LogP) is 0.508. The second-order valence-electron chi connectivity index (χ2n) is 5.08. The Bertz CT molecular complexity index is 389. The number of amides is 1. The Kier molecular flexibility index (Phi) is 6.32. The van der Waals surface area contributed by atoms with E-state index in [0.717, 1.165) is 37.3 Å². The van der Waals surface area contributed by atoms with Gasteiger partial charge in [0, 0.05) is 18.8 Å². The average molecular weight is 264 g/mol. The van der Waals surface area contributed by atoms with E-state index in [0.29, 0.717) is 0 Å². The lowest BCUT2D eigenvalue weighted by molar-refractivity contribution is -0.119. The van der Waals surface area contributed by atoms with Gasteiger partial charge in [-0.25, -0.2) is 0 Å². The zero-order valence-electron chi connectivity index (χ0n) is 11.8. The van der Waals surface area contributed by atoms with Crippen LogP contribution >= 0.6 is 0 Å². The molecule has 0 atom stereocenters. The molecule has 0 saturated carbocycles. The molecule has 5 nitrogen and oxygen atoms in total. The quantitative estimate of drug-likeness (QED) is 0.671. The third-order valence-electron chi connectivity index (χ3n) is 2.85. The van der Waals surface area contributed by atoms with Crippen molar-refractivity contribution in [3.8, 4) is 0 Å². The van der Waals surface area contributed by atoms with Crippen molar-refractivity contribution < 1.29 is 4.79 Å². The van der Waals surface area contributed by atoms with Crippen LogP contribution in [0.25, 0.3) is 0 Å². The van der Waals surface area contributed by atoms with Crippen molar-refractivity contribution >= 4 is 11.6 Å². The van der Waals surface area contributed by atoms with Crippen LogP contribution in [0.15, 0.2) is 24.3 Å². The van der Waals surface area contributed by atoms with Gasteiger partial charge in [0.25, 0.3) is 0 Å². The Labute approximate surface area is 115 Å². The lowest BCUT2D eigenvalue weighted by Crippen LogP contribution is -2.35. The van der Waals surface area contributed by atoms with Gasteiger partial charge in [0.1, 0.15) is 0 Å². The third-order valence-corrected chi connectivity index (χ3v) is 2.85. The van der Waals surface area contributed by atoms with E-state index < -0.39 is 0 Å². The minimum absolute atomic E-state index is 0.289. The summed E-state index contributed by atoms with van der Waals surface area (Å²) in [5.74, 6) is -0.291. The minimum atomic E-state index is -0.291. The molecule has 1 rings (SSSR count). The summed E-state index contributed by atoms with van der Waals surface area (Å²) in [6.07, 6.45) is 1.01. The van der Waals surface area contributed by atoms with E-state index in [4.69, 9.17) is 11.5 Å². The highest BCUT2D eigenvalue weighted by atomic mass is 16.1. The molecule has 0 saturated heterocycles. The molecule has 106 valence electrons. The van der Waals surface area contributed by atoms with Crippen LogP contribution in [0.1, 0.15) is 12.0 Å². The number of rotatable bonds is 8. The van der Waals surface area contributed by atoms with Crippen LogP contribution in [-0.2, 0) is 11.3 Å². The zero-order chi connectivity index (χ0) is 14.3. The normalized spacial score (nSPS) is 11.2. The van der Waals surface area contributed by atoms with E-state index >= 15 is 0 Å². The Morgan fingerprint density at radius 2 is 1.79 bits per heavy atom. The number of benzene rings is 1. The molecule has 0 aromatic heterocycles. The molecule has 1 amide bonds. The fourth-order valence-electron chi connectivity index (χ4n) is 1.93. The van der Waals surface area contributed by atoms with Crippen molar-refractivity contribution in [1.29, 1.82) is 0 Å². The third kappa shape index (κ3) is 6.79. The van der Waals surface area contributed by atoms with Gasteiger partial charge in [0.15, 0.2) is 0 Å². The number of carbonyl (C=O) groups is 1. The van der Waals surface area contributed by atoms with Gasteiger partial charge >= 0.3 is 0 Å². The maximum Gasteiger partial charge on any atom is 0.231 e. The fourth-order valence-corrected chi connectivity index (χ4v) is 1.93. The van der Waals surface area contributed by atoms with Gasteiger partial charge in [-0.1, -0.05) is 12.1 Å². The molecule has 0 heterocycles. The van der Waals surface area contributed by atoms with Crippen LogP contribution in [0.5, 0.6) is 0 Å². The topological polar surface area (TPSA) is 75.6 Å². The Balaban J connectivity index is 2.53. The SMILES string of the molecule is CN(C)CCCN(CC(N)=O)Cc1ccc(N)cc1. The summed E-state index contributed by atoms with van der Waals surface area (Å²) >= 11 is 0. The first kappa shape index (κ1) is 15.5. The largest absolute Gasteiger partial charge is 0.399 e. The maximum atomic E-state index is 11.1. The second kappa shape index (κ2) is 7.76. The van der Waals surface area contributed by atoms with Crippen molar-refractivity contribution in [2.75, 3.05) is 39.5 Å². The van der Waals surface area contributed by atoms with Gasteiger partial charge in [0.2, 0.25) is 5.91 Å². The number of nitrogens with zero attached hydrogens (tertiary/aromatic N) is 2. The van der Waals surface area contributed by atoms with Gasteiger partial charge in [-0.2, -0.15) is 0 Å². The number of primary amides is 1. The van der Waals surface area contributed by atoms with E-state index in [1.807, 2.05) is 38.4 Å². The summed E-state index contributed by atoms with van der Waals surface area (Å²) < 4.78 is 0. The molecule has 0 radical (unpaired) electrons. The van der Waals surface area contributed by atoms with Crippen molar-refractivity contribution in [2.24, 2.45) is 5.73 Å². The summed E-state index contributed by atoms with van der Waals surface area (Å²) in [6, 6.07) is 7.71. The number of nitrogen functional groups attached to an aromatic ring is 1. The first-order chi connectivity index (χ1) is 8.97. The molecular formula is C14H24N4O. The van der Waals surface area contributed by atoms with Gasteiger partial charge in [-0.3, -0.25) is 9.69 Å². The number of carbonyl (C=O) groups excluding carboxylic acids is 1. The summed E-state index contributed by atoms with van der Waals surface area (Å²) in [4.78, 5) is 15.3. The lowest BCUT2D eigenvalue weighted by Gasteiger charge is -2.21. The van der Waals surface area contributed by atoms with Crippen molar-refractivity contribution in [2.45, 2.75) is 13.0 Å². The summed E-state index contributed by atoms with van der Waals surface area (Å²) in [6.45, 7) is 2.86. The minimum Gasteiger partial charge on any atom is -0.399 e. The highest BCUT2D eigenvalue weighted by Gasteiger charge is 2.09. The highest BCUT2D eigenvalue weighted by molar-refractivity contribution is 5.75. The zero-order valence-corrected chi connectivity index (χ0v) is 11.8. The number of nitrogens with two attached hydrogens (primary N) is 2. The van der Waals surface area contributed by atoms with Gasteiger partial charge in [0.05, 0.1) is 6.54 Å². The summed E-state index contributed by atoms with van der Waals surface area (Å²) in [5, 5.41) is 0. The molecule has 5 heteroatoms. The molecule has 0 aliphatic carbocycles. The monoisotopic (exact) mass is 264 g/mol. The molecule has 4 N–H and O–H groups in total. The van der Waals surface area contributed by atoms with Crippen LogP contribution < -0.4 is 11.5 Å². The lowest BCUT2D eigenvalue weighted by atomic mass is 10.2. The molecule has 0 fully saturated rings. The summed E-state index contributed by atoms with van der Waals surface area (Å²) in [7, 11) is 4.08. The smallest absolute Gasteiger partial charge is 0.231 e.